The molecule has 16 heavy (non-hydrogen) atoms. The van der Waals surface area contributed by atoms with Crippen molar-refractivity contribution in [1.82, 2.24) is 4.57 Å². The fourth-order valence-corrected chi connectivity index (χ4v) is 2.67. The van der Waals surface area contributed by atoms with E-state index in [9.17, 15) is 0 Å². The molecule has 0 radical (unpaired) electrons. The maximum absolute atomic E-state index is 8.63. The number of aromatic nitrogens is 1. The van der Waals surface area contributed by atoms with Crippen LogP contribution in [0.5, 0.6) is 0 Å². The van der Waals surface area contributed by atoms with Gasteiger partial charge in [0.25, 0.3) is 0 Å². The summed E-state index contributed by atoms with van der Waals surface area (Å²) in [5.74, 6) is 0. The lowest BCUT2D eigenvalue weighted by atomic mass is 9.98. The zero-order valence-corrected chi connectivity index (χ0v) is 9.24. The summed E-state index contributed by atoms with van der Waals surface area (Å²) in [4.78, 5) is 0. The van der Waals surface area contributed by atoms with Crippen molar-refractivity contribution in [2.75, 3.05) is 0 Å². The van der Waals surface area contributed by atoms with Gasteiger partial charge in [0, 0.05) is 24.5 Å². The quantitative estimate of drug-likeness (QED) is 0.749. The lowest BCUT2D eigenvalue weighted by Gasteiger charge is -2.16. The SMILES string of the molecule is N#CCCc1cc2c3c(ccn3CCC2)c1. The van der Waals surface area contributed by atoms with Crippen molar-refractivity contribution in [2.24, 2.45) is 0 Å². The van der Waals surface area contributed by atoms with Crippen LogP contribution in [0.1, 0.15) is 24.0 Å². The van der Waals surface area contributed by atoms with Crippen molar-refractivity contribution < 1.29 is 0 Å². The molecule has 1 aromatic carbocycles. The molecule has 0 aliphatic carbocycles. The maximum Gasteiger partial charge on any atom is 0.0625 e. The molecule has 0 N–H and O–H groups in total. The fraction of sp³-hybridized carbons (Fsp3) is 0.357. The van der Waals surface area contributed by atoms with Crippen LogP contribution < -0.4 is 0 Å². The van der Waals surface area contributed by atoms with Gasteiger partial charge in [-0.15, -0.1) is 0 Å². The Morgan fingerprint density at radius 3 is 3.19 bits per heavy atom. The predicted octanol–water partition coefficient (Wildman–Crippen LogP) is 3.04. The largest absolute Gasteiger partial charge is 0.347 e. The van der Waals surface area contributed by atoms with Gasteiger partial charge in [-0.05, 0) is 42.5 Å². The van der Waals surface area contributed by atoms with E-state index in [2.05, 4.69) is 35.0 Å². The van der Waals surface area contributed by atoms with Crippen molar-refractivity contribution >= 4 is 10.9 Å². The summed E-state index contributed by atoms with van der Waals surface area (Å²) in [6.45, 7) is 1.15. The molecule has 80 valence electrons. The summed E-state index contributed by atoms with van der Waals surface area (Å²) in [6, 6.07) is 8.93. The van der Waals surface area contributed by atoms with E-state index < -0.39 is 0 Å². The minimum Gasteiger partial charge on any atom is -0.347 e. The molecule has 0 saturated heterocycles. The van der Waals surface area contributed by atoms with Gasteiger partial charge in [-0.25, -0.2) is 0 Å². The van der Waals surface area contributed by atoms with Gasteiger partial charge in [0.05, 0.1) is 11.6 Å². The van der Waals surface area contributed by atoms with Crippen LogP contribution in [0.15, 0.2) is 24.4 Å². The second-order valence-electron chi connectivity index (χ2n) is 4.46. The summed E-state index contributed by atoms with van der Waals surface area (Å²) in [7, 11) is 0. The van der Waals surface area contributed by atoms with Crippen LogP contribution in [0.25, 0.3) is 10.9 Å². The third-order valence-corrected chi connectivity index (χ3v) is 3.37. The molecule has 0 fully saturated rings. The maximum atomic E-state index is 8.63. The Labute approximate surface area is 95.1 Å². The van der Waals surface area contributed by atoms with Gasteiger partial charge in [-0.3, -0.25) is 0 Å². The van der Waals surface area contributed by atoms with E-state index in [-0.39, 0.29) is 0 Å². The Hall–Kier alpha value is -1.75. The summed E-state index contributed by atoms with van der Waals surface area (Å²) >= 11 is 0. The summed E-state index contributed by atoms with van der Waals surface area (Å²) < 4.78 is 2.35. The topological polar surface area (TPSA) is 28.7 Å². The standard InChI is InChI=1S/C14H14N2/c15-6-1-3-11-9-12-4-2-7-16-8-5-13(10-11)14(12)16/h5,8-10H,1-4,7H2. The first-order chi connectivity index (χ1) is 7.88. The number of nitrogens with zero attached hydrogens (tertiary/aromatic N) is 2. The minimum atomic E-state index is 0.617. The second kappa shape index (κ2) is 3.68. The van der Waals surface area contributed by atoms with Crippen LogP contribution in [0.2, 0.25) is 0 Å². The van der Waals surface area contributed by atoms with Crippen LogP contribution in [0, 0.1) is 11.3 Å². The highest BCUT2D eigenvalue weighted by Gasteiger charge is 2.12. The van der Waals surface area contributed by atoms with Crippen LogP contribution in [0.4, 0.5) is 0 Å². The van der Waals surface area contributed by atoms with E-state index >= 15 is 0 Å². The Bertz CT molecular complexity index is 572. The molecule has 0 unspecified atom stereocenters. The fourth-order valence-electron chi connectivity index (χ4n) is 2.67. The third kappa shape index (κ3) is 1.40. The first-order valence-electron chi connectivity index (χ1n) is 5.86. The van der Waals surface area contributed by atoms with Gasteiger partial charge in [-0.2, -0.15) is 5.26 Å². The number of aryl methyl sites for hydroxylation is 3. The normalized spacial score (nSPS) is 13.9. The molecule has 2 heterocycles. The number of hydrogen-bond donors (Lipinski definition) is 0. The van der Waals surface area contributed by atoms with Gasteiger partial charge in [-0.1, -0.05) is 6.07 Å². The molecule has 0 saturated carbocycles. The van der Waals surface area contributed by atoms with Gasteiger partial charge in [0.15, 0.2) is 0 Å². The molecule has 3 rings (SSSR count). The average Bonchev–Trinajstić information content (AvgIpc) is 2.72. The van der Waals surface area contributed by atoms with Crippen LogP contribution in [-0.4, -0.2) is 4.57 Å². The van der Waals surface area contributed by atoms with Crippen molar-refractivity contribution in [1.29, 1.82) is 5.26 Å². The zero-order chi connectivity index (χ0) is 11.0. The number of rotatable bonds is 2. The Kier molecular flexibility index (Phi) is 2.18. The monoisotopic (exact) mass is 210 g/mol. The molecule has 1 aliphatic heterocycles. The predicted molar refractivity (Wildman–Crippen MR) is 64.2 cm³/mol. The first kappa shape index (κ1) is 9.47. The van der Waals surface area contributed by atoms with Crippen molar-refractivity contribution in [3.63, 3.8) is 0 Å². The Balaban J connectivity index is 2.12. The third-order valence-electron chi connectivity index (χ3n) is 3.37. The molecule has 2 nitrogen and oxygen atoms in total. The molecule has 0 atom stereocenters. The molecule has 1 aromatic heterocycles. The molecule has 1 aliphatic rings. The molecule has 0 amide bonds. The van der Waals surface area contributed by atoms with E-state index in [1.807, 2.05) is 0 Å². The highest BCUT2D eigenvalue weighted by molar-refractivity contribution is 5.84. The van der Waals surface area contributed by atoms with Gasteiger partial charge < -0.3 is 4.57 Å². The highest BCUT2D eigenvalue weighted by atomic mass is 15.0. The number of hydrogen-bond acceptors (Lipinski definition) is 1. The number of nitriles is 1. The van der Waals surface area contributed by atoms with Gasteiger partial charge >= 0.3 is 0 Å². The highest BCUT2D eigenvalue weighted by Crippen LogP contribution is 2.28. The van der Waals surface area contributed by atoms with Gasteiger partial charge in [0.2, 0.25) is 0 Å². The van der Waals surface area contributed by atoms with E-state index in [0.717, 1.165) is 13.0 Å². The number of benzene rings is 1. The van der Waals surface area contributed by atoms with E-state index in [4.69, 9.17) is 5.26 Å². The summed E-state index contributed by atoms with van der Waals surface area (Å²) in [6.07, 6.45) is 6.09. The van der Waals surface area contributed by atoms with Crippen molar-refractivity contribution in [3.05, 3.63) is 35.5 Å². The smallest absolute Gasteiger partial charge is 0.0625 e. The average molecular weight is 210 g/mol. The van der Waals surface area contributed by atoms with E-state index in [0.29, 0.717) is 6.42 Å². The lowest BCUT2D eigenvalue weighted by molar-refractivity contribution is 0.635. The molecule has 0 spiro atoms. The van der Waals surface area contributed by atoms with Crippen molar-refractivity contribution in [2.45, 2.75) is 32.2 Å². The van der Waals surface area contributed by atoms with E-state index in [1.54, 1.807) is 0 Å². The van der Waals surface area contributed by atoms with Crippen molar-refractivity contribution in [3.8, 4) is 6.07 Å². The molecular weight excluding hydrogens is 196 g/mol. The van der Waals surface area contributed by atoms with E-state index in [1.165, 1.54) is 34.9 Å². The van der Waals surface area contributed by atoms with Crippen LogP contribution in [0.3, 0.4) is 0 Å². The first-order valence-corrected chi connectivity index (χ1v) is 5.86. The zero-order valence-electron chi connectivity index (χ0n) is 9.24. The Morgan fingerprint density at radius 1 is 1.38 bits per heavy atom. The lowest BCUT2D eigenvalue weighted by Crippen LogP contribution is -2.06. The molecule has 0 bridgehead atoms. The molecular formula is C14H14N2. The summed E-state index contributed by atoms with van der Waals surface area (Å²) in [5, 5.41) is 9.97. The van der Waals surface area contributed by atoms with Crippen LogP contribution >= 0.6 is 0 Å². The Morgan fingerprint density at radius 2 is 2.31 bits per heavy atom. The molecule has 2 aromatic rings. The van der Waals surface area contributed by atoms with Gasteiger partial charge in [0.1, 0.15) is 0 Å². The van der Waals surface area contributed by atoms with Crippen LogP contribution in [-0.2, 0) is 19.4 Å². The summed E-state index contributed by atoms with van der Waals surface area (Å²) in [5.41, 5.74) is 4.18. The second-order valence-corrected chi connectivity index (χ2v) is 4.46. The minimum absolute atomic E-state index is 0.617. The molecule has 2 heteroatoms.